The Kier molecular flexibility index (Phi) is 8.49. The molecule has 0 bridgehead atoms. The van der Waals surface area contributed by atoms with Gasteiger partial charge in [-0.05, 0) is 36.2 Å². The molecule has 1 aliphatic heterocycles. The monoisotopic (exact) mass is 417 g/mol. The molecule has 1 aliphatic rings. The SMILES string of the molecule is COc1ccc(N2CC(C(=O)N(CCN)CCc3ccccc3)CC2=O)cc1.Cl. The molecule has 2 aromatic carbocycles. The first-order valence-electron chi connectivity index (χ1n) is 9.59. The van der Waals surface area contributed by atoms with Gasteiger partial charge >= 0.3 is 0 Å². The number of nitrogens with two attached hydrogens (primary N) is 1. The van der Waals surface area contributed by atoms with Crippen LogP contribution in [0.3, 0.4) is 0 Å². The van der Waals surface area contributed by atoms with Crippen LogP contribution in [0.15, 0.2) is 54.6 Å². The minimum absolute atomic E-state index is 0. The van der Waals surface area contributed by atoms with Crippen LogP contribution in [-0.2, 0) is 16.0 Å². The standard InChI is InChI=1S/C22H27N3O3.ClH/c1-28-20-9-7-19(8-10-20)25-16-18(15-21(25)26)22(27)24(14-12-23)13-11-17-5-3-2-4-6-17;/h2-10,18H,11-16,23H2,1H3;1H. The van der Waals surface area contributed by atoms with Gasteiger partial charge in [-0.1, -0.05) is 30.3 Å². The van der Waals surface area contributed by atoms with E-state index < -0.39 is 0 Å². The van der Waals surface area contributed by atoms with Crippen LogP contribution in [0, 0.1) is 5.92 Å². The Morgan fingerprint density at radius 1 is 1.14 bits per heavy atom. The summed E-state index contributed by atoms with van der Waals surface area (Å²) in [6, 6.07) is 17.4. The number of benzene rings is 2. The average molecular weight is 418 g/mol. The van der Waals surface area contributed by atoms with Gasteiger partial charge in [-0.25, -0.2) is 0 Å². The van der Waals surface area contributed by atoms with Gasteiger partial charge in [0.2, 0.25) is 11.8 Å². The molecule has 29 heavy (non-hydrogen) atoms. The lowest BCUT2D eigenvalue weighted by atomic mass is 10.1. The van der Waals surface area contributed by atoms with Crippen LogP contribution in [0.4, 0.5) is 5.69 Å². The molecule has 156 valence electrons. The number of halogens is 1. The number of rotatable bonds is 8. The molecule has 0 saturated carbocycles. The molecule has 0 aliphatic carbocycles. The summed E-state index contributed by atoms with van der Waals surface area (Å²) in [6.45, 7) is 1.91. The highest BCUT2D eigenvalue weighted by atomic mass is 35.5. The number of carbonyl (C=O) groups is 2. The van der Waals surface area contributed by atoms with Crippen LogP contribution in [0.25, 0.3) is 0 Å². The van der Waals surface area contributed by atoms with Crippen molar-refractivity contribution >= 4 is 29.9 Å². The molecular weight excluding hydrogens is 390 g/mol. The van der Waals surface area contributed by atoms with E-state index in [1.807, 2.05) is 42.5 Å². The van der Waals surface area contributed by atoms with Gasteiger partial charge in [-0.15, -0.1) is 12.4 Å². The number of nitrogens with zero attached hydrogens (tertiary/aromatic N) is 2. The Hall–Kier alpha value is -2.57. The second kappa shape index (κ2) is 10.8. The van der Waals surface area contributed by atoms with Gasteiger partial charge in [-0.2, -0.15) is 0 Å². The maximum Gasteiger partial charge on any atom is 0.228 e. The normalized spacial score (nSPS) is 15.7. The molecule has 2 N–H and O–H groups in total. The Morgan fingerprint density at radius 3 is 2.45 bits per heavy atom. The summed E-state index contributed by atoms with van der Waals surface area (Å²) < 4.78 is 5.16. The Balaban J connectivity index is 0.00000300. The molecule has 1 atom stereocenters. The fraction of sp³-hybridized carbons (Fsp3) is 0.364. The van der Waals surface area contributed by atoms with Gasteiger partial charge in [-0.3, -0.25) is 9.59 Å². The van der Waals surface area contributed by atoms with Crippen molar-refractivity contribution in [2.45, 2.75) is 12.8 Å². The van der Waals surface area contributed by atoms with Gasteiger partial charge in [0.15, 0.2) is 0 Å². The van der Waals surface area contributed by atoms with Crippen molar-refractivity contribution in [3.63, 3.8) is 0 Å². The number of anilines is 1. The molecule has 2 aromatic rings. The highest BCUT2D eigenvalue weighted by molar-refractivity contribution is 6.00. The average Bonchev–Trinajstić information content (AvgIpc) is 3.13. The van der Waals surface area contributed by atoms with E-state index in [9.17, 15) is 9.59 Å². The van der Waals surface area contributed by atoms with Gasteiger partial charge in [0.25, 0.3) is 0 Å². The molecule has 0 aromatic heterocycles. The Bertz CT molecular complexity index is 799. The van der Waals surface area contributed by atoms with Crippen molar-refractivity contribution in [1.82, 2.24) is 4.90 Å². The molecule has 6 nitrogen and oxygen atoms in total. The molecule has 1 heterocycles. The molecule has 1 unspecified atom stereocenters. The largest absolute Gasteiger partial charge is 0.497 e. The van der Waals surface area contributed by atoms with Crippen molar-refractivity contribution in [3.8, 4) is 5.75 Å². The second-order valence-corrected chi connectivity index (χ2v) is 6.95. The third-order valence-corrected chi connectivity index (χ3v) is 5.08. The van der Waals surface area contributed by atoms with E-state index in [1.54, 1.807) is 16.9 Å². The highest BCUT2D eigenvalue weighted by Crippen LogP contribution is 2.28. The third kappa shape index (κ3) is 5.71. The van der Waals surface area contributed by atoms with Crippen molar-refractivity contribution in [1.29, 1.82) is 0 Å². The molecule has 2 amide bonds. The fourth-order valence-corrected chi connectivity index (χ4v) is 3.54. The lowest BCUT2D eigenvalue weighted by Gasteiger charge is -2.25. The first kappa shape index (κ1) is 22.7. The summed E-state index contributed by atoms with van der Waals surface area (Å²) in [7, 11) is 1.60. The van der Waals surface area contributed by atoms with E-state index in [2.05, 4.69) is 12.1 Å². The van der Waals surface area contributed by atoms with Crippen molar-refractivity contribution in [3.05, 3.63) is 60.2 Å². The Morgan fingerprint density at radius 2 is 1.83 bits per heavy atom. The summed E-state index contributed by atoms with van der Waals surface area (Å²) in [6.07, 6.45) is 1.01. The third-order valence-electron chi connectivity index (χ3n) is 5.08. The van der Waals surface area contributed by atoms with E-state index in [0.717, 1.165) is 17.9 Å². The summed E-state index contributed by atoms with van der Waals surface area (Å²) in [5.74, 6) is 0.375. The lowest BCUT2D eigenvalue weighted by molar-refractivity contribution is -0.135. The van der Waals surface area contributed by atoms with Crippen molar-refractivity contribution in [2.24, 2.45) is 11.7 Å². The number of hydrogen-bond donors (Lipinski definition) is 1. The van der Waals surface area contributed by atoms with Gasteiger partial charge in [0, 0.05) is 38.3 Å². The maximum atomic E-state index is 13.1. The molecule has 7 heteroatoms. The molecule has 0 spiro atoms. The summed E-state index contributed by atoms with van der Waals surface area (Å²) in [5.41, 5.74) is 7.69. The Labute approximate surface area is 178 Å². The van der Waals surface area contributed by atoms with E-state index in [0.29, 0.717) is 26.2 Å². The number of ether oxygens (including phenoxy) is 1. The zero-order chi connectivity index (χ0) is 19.9. The predicted molar refractivity (Wildman–Crippen MR) is 116 cm³/mol. The van der Waals surface area contributed by atoms with Crippen molar-refractivity contribution in [2.75, 3.05) is 38.2 Å². The summed E-state index contributed by atoms with van der Waals surface area (Å²) >= 11 is 0. The first-order valence-corrected chi connectivity index (χ1v) is 9.59. The summed E-state index contributed by atoms with van der Waals surface area (Å²) in [5, 5.41) is 0. The predicted octanol–water partition coefficient (Wildman–Crippen LogP) is 2.50. The zero-order valence-electron chi connectivity index (χ0n) is 16.6. The van der Waals surface area contributed by atoms with E-state index >= 15 is 0 Å². The van der Waals surface area contributed by atoms with Crippen LogP contribution in [0.2, 0.25) is 0 Å². The number of carbonyl (C=O) groups excluding carboxylic acids is 2. The van der Waals surface area contributed by atoms with Gasteiger partial charge < -0.3 is 20.3 Å². The minimum Gasteiger partial charge on any atom is -0.497 e. The molecule has 0 radical (unpaired) electrons. The van der Waals surface area contributed by atoms with E-state index in [-0.39, 0.29) is 36.6 Å². The van der Waals surface area contributed by atoms with Crippen LogP contribution in [-0.4, -0.2) is 50.0 Å². The van der Waals surface area contributed by atoms with Crippen LogP contribution in [0.5, 0.6) is 5.75 Å². The minimum atomic E-state index is -0.336. The molecule has 3 rings (SSSR count). The highest BCUT2D eigenvalue weighted by Gasteiger charge is 2.37. The van der Waals surface area contributed by atoms with Crippen molar-refractivity contribution < 1.29 is 14.3 Å². The number of amides is 2. The first-order chi connectivity index (χ1) is 13.6. The smallest absolute Gasteiger partial charge is 0.228 e. The zero-order valence-corrected chi connectivity index (χ0v) is 17.4. The molecule has 1 fully saturated rings. The second-order valence-electron chi connectivity index (χ2n) is 6.95. The van der Waals surface area contributed by atoms with E-state index in [1.165, 1.54) is 5.56 Å². The van der Waals surface area contributed by atoms with Crippen LogP contribution >= 0.6 is 12.4 Å². The lowest BCUT2D eigenvalue weighted by Crippen LogP contribution is -2.41. The molecule has 1 saturated heterocycles. The van der Waals surface area contributed by atoms with Crippen LogP contribution in [0.1, 0.15) is 12.0 Å². The quantitative estimate of drug-likeness (QED) is 0.716. The fourth-order valence-electron chi connectivity index (χ4n) is 3.54. The van der Waals surface area contributed by atoms with E-state index in [4.69, 9.17) is 10.5 Å². The van der Waals surface area contributed by atoms with Gasteiger partial charge in [0.05, 0.1) is 13.0 Å². The molecular formula is C22H28ClN3O3. The number of methoxy groups -OCH3 is 1. The van der Waals surface area contributed by atoms with Crippen LogP contribution < -0.4 is 15.4 Å². The summed E-state index contributed by atoms with van der Waals surface area (Å²) in [4.78, 5) is 29.0. The number of hydrogen-bond acceptors (Lipinski definition) is 4. The van der Waals surface area contributed by atoms with Gasteiger partial charge in [0.1, 0.15) is 5.75 Å². The topological polar surface area (TPSA) is 75.9 Å². The maximum absolute atomic E-state index is 13.1.